The standard InChI is InChI=1S/C23H17N3O5S2/c1-31-15-3-2-4-16(10-15)33(29,30)22-17-6-5-14(9-20(17)32-21(22)23(27)28)12-26-13-25-18-7-8-24-11-19(18)26/h2-11,13H,12H2,1H3,(H,27,28)/p-1. The van der Waals surface area contributed by atoms with Crippen molar-refractivity contribution >= 4 is 48.3 Å². The number of thiophene rings is 1. The molecule has 166 valence electrons. The Morgan fingerprint density at radius 3 is 2.82 bits per heavy atom. The zero-order valence-corrected chi connectivity index (χ0v) is 18.9. The number of carboxylic acid groups (broad SMARTS) is 1. The molecule has 0 aliphatic carbocycles. The van der Waals surface area contributed by atoms with Crippen molar-refractivity contribution in [1.82, 2.24) is 14.5 Å². The number of aromatic carboxylic acids is 1. The predicted octanol–water partition coefficient (Wildman–Crippen LogP) is 2.90. The molecule has 0 fully saturated rings. The third kappa shape index (κ3) is 3.62. The van der Waals surface area contributed by atoms with Crippen molar-refractivity contribution in [2.45, 2.75) is 16.3 Å². The number of carbonyl (C=O) groups excluding carboxylic acids is 1. The van der Waals surface area contributed by atoms with Gasteiger partial charge in [0.15, 0.2) is 0 Å². The van der Waals surface area contributed by atoms with Crippen LogP contribution in [0.1, 0.15) is 15.2 Å². The number of ether oxygens (including phenoxy) is 1. The van der Waals surface area contributed by atoms with Crippen LogP contribution >= 0.6 is 11.3 Å². The Kier molecular flexibility index (Phi) is 5.10. The van der Waals surface area contributed by atoms with Gasteiger partial charge >= 0.3 is 0 Å². The number of carboxylic acids is 1. The van der Waals surface area contributed by atoms with E-state index in [1.54, 1.807) is 49.1 Å². The first-order valence-corrected chi connectivity index (χ1v) is 12.1. The summed E-state index contributed by atoms with van der Waals surface area (Å²) in [6.45, 7) is 0.467. The second kappa shape index (κ2) is 7.98. The quantitative estimate of drug-likeness (QED) is 0.369. The van der Waals surface area contributed by atoms with Crippen molar-refractivity contribution < 1.29 is 23.1 Å². The molecule has 10 heteroatoms. The van der Waals surface area contributed by atoms with E-state index in [2.05, 4.69) is 9.97 Å². The molecule has 5 rings (SSSR count). The fourth-order valence-electron chi connectivity index (χ4n) is 3.73. The lowest BCUT2D eigenvalue weighted by Gasteiger charge is -2.09. The molecule has 5 aromatic rings. The van der Waals surface area contributed by atoms with Crippen molar-refractivity contribution in [1.29, 1.82) is 0 Å². The minimum atomic E-state index is -4.14. The number of rotatable bonds is 6. The normalized spacial score (nSPS) is 11.8. The Morgan fingerprint density at radius 2 is 2.03 bits per heavy atom. The van der Waals surface area contributed by atoms with Gasteiger partial charge in [-0.05, 0) is 35.9 Å². The topological polar surface area (TPSA) is 114 Å². The van der Waals surface area contributed by atoms with Gasteiger partial charge in [0, 0.05) is 22.8 Å². The summed E-state index contributed by atoms with van der Waals surface area (Å²) in [7, 11) is -2.71. The van der Waals surface area contributed by atoms with Crippen LogP contribution < -0.4 is 9.84 Å². The second-order valence-electron chi connectivity index (χ2n) is 7.30. The fourth-order valence-corrected chi connectivity index (χ4v) is 6.80. The number of aromatic nitrogens is 3. The Balaban J connectivity index is 1.62. The van der Waals surface area contributed by atoms with Gasteiger partial charge < -0.3 is 19.2 Å². The summed E-state index contributed by atoms with van der Waals surface area (Å²) in [5, 5.41) is 12.2. The van der Waals surface area contributed by atoms with Crippen LogP contribution in [-0.4, -0.2) is 36.0 Å². The molecule has 0 amide bonds. The molecule has 3 heterocycles. The average molecular weight is 479 g/mol. The molecular formula is C23H16N3O5S2-. The van der Waals surface area contributed by atoms with Crippen LogP contribution in [0, 0.1) is 0 Å². The Morgan fingerprint density at radius 1 is 1.18 bits per heavy atom. The van der Waals surface area contributed by atoms with E-state index in [-0.39, 0.29) is 14.7 Å². The summed E-state index contributed by atoms with van der Waals surface area (Å²) >= 11 is 0.884. The molecule has 2 aromatic carbocycles. The smallest absolute Gasteiger partial charge is 0.208 e. The van der Waals surface area contributed by atoms with Crippen molar-refractivity contribution in [3.63, 3.8) is 0 Å². The SMILES string of the molecule is COc1cccc(S(=O)(=O)c2c(C(=O)[O-])sc3cc(Cn4cnc5ccncc54)ccc23)c1. The number of hydrogen-bond donors (Lipinski definition) is 0. The van der Waals surface area contributed by atoms with Crippen molar-refractivity contribution in [3.8, 4) is 5.75 Å². The van der Waals surface area contributed by atoms with Crippen LogP contribution in [0.2, 0.25) is 0 Å². The second-order valence-corrected chi connectivity index (χ2v) is 10.2. The van der Waals surface area contributed by atoms with Crippen molar-refractivity contribution in [3.05, 3.63) is 77.7 Å². The first-order chi connectivity index (χ1) is 15.9. The molecular weight excluding hydrogens is 462 g/mol. The summed E-state index contributed by atoms with van der Waals surface area (Å²) < 4.78 is 34.4. The minimum absolute atomic E-state index is 0.0505. The number of benzene rings is 2. The number of carbonyl (C=O) groups is 1. The number of hydrogen-bond acceptors (Lipinski definition) is 8. The van der Waals surface area contributed by atoms with Crippen LogP contribution in [0.25, 0.3) is 21.1 Å². The lowest BCUT2D eigenvalue weighted by Crippen LogP contribution is -2.23. The maximum atomic E-state index is 13.4. The summed E-state index contributed by atoms with van der Waals surface area (Å²) in [5.41, 5.74) is 2.54. The molecule has 0 unspecified atom stereocenters. The first kappa shape index (κ1) is 21.1. The average Bonchev–Trinajstić information content (AvgIpc) is 3.41. The van der Waals surface area contributed by atoms with Gasteiger partial charge in [0.1, 0.15) is 5.75 Å². The molecule has 0 saturated carbocycles. The molecule has 0 aliphatic rings. The highest BCUT2D eigenvalue weighted by Gasteiger charge is 2.27. The van der Waals surface area contributed by atoms with E-state index < -0.39 is 15.8 Å². The van der Waals surface area contributed by atoms with Gasteiger partial charge in [-0.25, -0.2) is 13.4 Å². The largest absolute Gasteiger partial charge is 0.544 e. The number of pyridine rings is 1. The zero-order valence-electron chi connectivity index (χ0n) is 17.3. The molecule has 0 bridgehead atoms. The Bertz CT molecular complexity index is 1640. The van der Waals surface area contributed by atoms with Gasteiger partial charge in [-0.15, -0.1) is 11.3 Å². The summed E-state index contributed by atoms with van der Waals surface area (Å²) in [6, 6.07) is 13.0. The molecule has 0 aliphatic heterocycles. The number of fused-ring (bicyclic) bond motifs is 2. The van der Waals surface area contributed by atoms with Crippen LogP contribution in [0.3, 0.4) is 0 Å². The lowest BCUT2D eigenvalue weighted by atomic mass is 10.1. The number of sulfone groups is 1. The Hall–Kier alpha value is -3.76. The molecule has 0 N–H and O–H groups in total. The molecule has 8 nitrogen and oxygen atoms in total. The van der Waals surface area contributed by atoms with Gasteiger partial charge in [0.05, 0.1) is 51.3 Å². The number of imidazole rings is 1. The highest BCUT2D eigenvalue weighted by Crippen LogP contribution is 2.38. The van der Waals surface area contributed by atoms with E-state index in [4.69, 9.17) is 4.74 Å². The maximum absolute atomic E-state index is 13.4. The lowest BCUT2D eigenvalue weighted by molar-refractivity contribution is -0.254. The number of nitrogens with zero attached hydrogens (tertiary/aromatic N) is 3. The van der Waals surface area contributed by atoms with Crippen molar-refractivity contribution in [2.75, 3.05) is 7.11 Å². The van der Waals surface area contributed by atoms with E-state index in [0.717, 1.165) is 27.9 Å². The van der Waals surface area contributed by atoms with Crippen LogP contribution in [0.5, 0.6) is 5.75 Å². The number of methoxy groups -OCH3 is 1. The van der Waals surface area contributed by atoms with Crippen LogP contribution in [-0.2, 0) is 16.4 Å². The molecule has 0 spiro atoms. The zero-order chi connectivity index (χ0) is 23.2. The van der Waals surface area contributed by atoms with Gasteiger partial charge in [-0.3, -0.25) is 4.98 Å². The third-order valence-electron chi connectivity index (χ3n) is 5.29. The molecule has 33 heavy (non-hydrogen) atoms. The van der Waals surface area contributed by atoms with Crippen LogP contribution in [0.15, 0.2) is 77.0 Å². The predicted molar refractivity (Wildman–Crippen MR) is 121 cm³/mol. The monoisotopic (exact) mass is 478 g/mol. The Labute approximate surface area is 192 Å². The van der Waals surface area contributed by atoms with E-state index in [1.807, 2.05) is 10.6 Å². The van der Waals surface area contributed by atoms with Crippen molar-refractivity contribution in [2.24, 2.45) is 0 Å². The van der Waals surface area contributed by atoms with Crippen LogP contribution in [0.4, 0.5) is 0 Å². The molecule has 0 saturated heterocycles. The molecule has 0 atom stereocenters. The summed E-state index contributed by atoms with van der Waals surface area (Å²) in [4.78, 5) is 19.7. The van der Waals surface area contributed by atoms with E-state index in [0.29, 0.717) is 22.4 Å². The van der Waals surface area contributed by atoms with E-state index >= 15 is 0 Å². The minimum Gasteiger partial charge on any atom is -0.544 e. The maximum Gasteiger partial charge on any atom is 0.208 e. The van der Waals surface area contributed by atoms with E-state index in [1.165, 1.54) is 19.2 Å². The van der Waals surface area contributed by atoms with Gasteiger partial charge in [0.25, 0.3) is 0 Å². The highest BCUT2D eigenvalue weighted by atomic mass is 32.2. The van der Waals surface area contributed by atoms with E-state index in [9.17, 15) is 18.3 Å². The summed E-state index contributed by atoms with van der Waals surface area (Å²) in [5.74, 6) is -1.18. The van der Waals surface area contributed by atoms with Gasteiger partial charge in [-0.2, -0.15) is 0 Å². The first-order valence-electron chi connectivity index (χ1n) is 9.79. The van der Waals surface area contributed by atoms with Gasteiger partial charge in [-0.1, -0.05) is 18.2 Å². The fraction of sp³-hybridized carbons (Fsp3) is 0.0870. The third-order valence-corrected chi connectivity index (χ3v) is 8.39. The molecule has 0 radical (unpaired) electrons. The molecule has 3 aromatic heterocycles. The summed E-state index contributed by atoms with van der Waals surface area (Å²) in [6.07, 6.45) is 5.10. The van der Waals surface area contributed by atoms with Gasteiger partial charge in [0.2, 0.25) is 9.84 Å². The highest BCUT2D eigenvalue weighted by molar-refractivity contribution is 7.92.